The molecule has 2 aromatic carbocycles. The van der Waals surface area contributed by atoms with Crippen molar-refractivity contribution in [2.75, 3.05) is 47.7 Å². The maximum atomic E-state index is 6.08. The topological polar surface area (TPSA) is 52.2 Å². The van der Waals surface area contributed by atoms with Gasteiger partial charge in [-0.1, -0.05) is 6.07 Å². The number of nitrogens with one attached hydrogen (secondary N) is 1. The van der Waals surface area contributed by atoms with Crippen molar-refractivity contribution in [3.8, 4) is 23.0 Å². The molecule has 1 atom stereocenters. The van der Waals surface area contributed by atoms with Crippen molar-refractivity contribution in [1.82, 2.24) is 10.2 Å². The van der Waals surface area contributed by atoms with E-state index >= 15 is 0 Å². The normalized spacial score (nSPS) is 17.5. The molecular formula is C22H28N2O4. The van der Waals surface area contributed by atoms with Crippen molar-refractivity contribution in [2.45, 2.75) is 18.9 Å². The van der Waals surface area contributed by atoms with Crippen molar-refractivity contribution in [3.63, 3.8) is 0 Å². The minimum Gasteiger partial charge on any atom is -0.493 e. The van der Waals surface area contributed by atoms with Crippen LogP contribution in [0.25, 0.3) is 0 Å². The van der Waals surface area contributed by atoms with Gasteiger partial charge in [0.05, 0.1) is 19.8 Å². The Morgan fingerprint density at radius 1 is 1.11 bits per heavy atom. The van der Waals surface area contributed by atoms with Crippen molar-refractivity contribution >= 4 is 0 Å². The van der Waals surface area contributed by atoms with E-state index in [1.165, 1.54) is 11.1 Å². The SMILES string of the molecule is COc1cc2c(cc1OCCCN(C)C)C(c1ccc3c(c1)OCO3)NCC2. The Balaban J connectivity index is 1.61. The molecule has 150 valence electrons. The lowest BCUT2D eigenvalue weighted by atomic mass is 9.89. The van der Waals surface area contributed by atoms with Gasteiger partial charge in [0.15, 0.2) is 23.0 Å². The highest BCUT2D eigenvalue weighted by Gasteiger charge is 2.26. The van der Waals surface area contributed by atoms with E-state index in [2.05, 4.69) is 48.6 Å². The summed E-state index contributed by atoms with van der Waals surface area (Å²) < 4.78 is 22.7. The second-order valence-corrected chi connectivity index (χ2v) is 7.46. The van der Waals surface area contributed by atoms with Crippen molar-refractivity contribution in [2.24, 2.45) is 0 Å². The molecule has 0 saturated carbocycles. The van der Waals surface area contributed by atoms with Crippen LogP contribution >= 0.6 is 0 Å². The summed E-state index contributed by atoms with van der Waals surface area (Å²) in [4.78, 5) is 2.16. The van der Waals surface area contributed by atoms with Crippen molar-refractivity contribution in [3.05, 3.63) is 47.0 Å². The molecule has 28 heavy (non-hydrogen) atoms. The smallest absolute Gasteiger partial charge is 0.231 e. The quantitative estimate of drug-likeness (QED) is 0.741. The molecule has 0 bridgehead atoms. The van der Waals surface area contributed by atoms with Gasteiger partial charge in [0.1, 0.15) is 0 Å². The van der Waals surface area contributed by atoms with E-state index in [0.717, 1.165) is 54.5 Å². The zero-order valence-electron chi connectivity index (χ0n) is 16.8. The van der Waals surface area contributed by atoms with Gasteiger partial charge in [0.2, 0.25) is 6.79 Å². The molecule has 6 heteroatoms. The lowest BCUT2D eigenvalue weighted by molar-refractivity contribution is 0.174. The van der Waals surface area contributed by atoms with Gasteiger partial charge in [-0.2, -0.15) is 0 Å². The first kappa shape index (κ1) is 18.9. The van der Waals surface area contributed by atoms with Crippen LogP contribution in [-0.4, -0.2) is 52.6 Å². The molecule has 2 heterocycles. The van der Waals surface area contributed by atoms with Gasteiger partial charge < -0.3 is 29.2 Å². The summed E-state index contributed by atoms with van der Waals surface area (Å²) in [6.07, 6.45) is 1.94. The lowest BCUT2D eigenvalue weighted by Gasteiger charge is -2.29. The Morgan fingerprint density at radius 3 is 2.79 bits per heavy atom. The fraction of sp³-hybridized carbons (Fsp3) is 0.455. The van der Waals surface area contributed by atoms with Gasteiger partial charge in [0, 0.05) is 13.1 Å². The highest BCUT2D eigenvalue weighted by atomic mass is 16.7. The number of fused-ring (bicyclic) bond motifs is 2. The van der Waals surface area contributed by atoms with Gasteiger partial charge in [-0.3, -0.25) is 0 Å². The molecule has 0 saturated heterocycles. The summed E-state index contributed by atoms with van der Waals surface area (Å²) in [5.41, 5.74) is 3.68. The first-order valence-electron chi connectivity index (χ1n) is 9.77. The van der Waals surface area contributed by atoms with Crippen LogP contribution in [-0.2, 0) is 6.42 Å². The number of methoxy groups -OCH3 is 1. The molecule has 2 aliphatic rings. The van der Waals surface area contributed by atoms with Gasteiger partial charge in [0.25, 0.3) is 0 Å². The van der Waals surface area contributed by atoms with Crippen LogP contribution < -0.4 is 24.3 Å². The van der Waals surface area contributed by atoms with Crippen LogP contribution in [0.2, 0.25) is 0 Å². The fourth-order valence-electron chi connectivity index (χ4n) is 3.79. The number of hydrogen-bond donors (Lipinski definition) is 1. The summed E-state index contributed by atoms with van der Waals surface area (Å²) in [6, 6.07) is 10.5. The molecule has 1 N–H and O–H groups in total. The average molecular weight is 384 g/mol. The molecule has 0 radical (unpaired) electrons. The number of rotatable bonds is 7. The van der Waals surface area contributed by atoms with Crippen molar-refractivity contribution in [1.29, 1.82) is 0 Å². The standard InChI is InChI=1S/C22H28N2O4/c1-24(2)9-4-10-26-21-13-17-15(11-19(21)25-3)7-8-23-22(17)16-5-6-18-20(12-16)28-14-27-18/h5-6,11-13,22-23H,4,7-10,14H2,1-3H3. The minimum absolute atomic E-state index is 0.0910. The van der Waals surface area contributed by atoms with Crippen LogP contribution in [0.1, 0.15) is 29.2 Å². The number of ether oxygens (including phenoxy) is 4. The molecule has 2 aliphatic heterocycles. The third-order valence-electron chi connectivity index (χ3n) is 5.22. The Labute approximate surface area is 166 Å². The first-order valence-corrected chi connectivity index (χ1v) is 9.77. The zero-order chi connectivity index (χ0) is 19.5. The molecule has 0 spiro atoms. The Hall–Kier alpha value is -2.44. The Bertz CT molecular complexity index is 838. The zero-order valence-corrected chi connectivity index (χ0v) is 16.8. The van der Waals surface area contributed by atoms with Crippen LogP contribution in [0.5, 0.6) is 23.0 Å². The summed E-state index contributed by atoms with van der Waals surface area (Å²) >= 11 is 0. The molecule has 1 unspecified atom stereocenters. The Morgan fingerprint density at radius 2 is 1.96 bits per heavy atom. The molecule has 0 fully saturated rings. The van der Waals surface area contributed by atoms with Crippen LogP contribution in [0, 0.1) is 0 Å². The van der Waals surface area contributed by atoms with E-state index < -0.39 is 0 Å². The largest absolute Gasteiger partial charge is 0.493 e. The second-order valence-electron chi connectivity index (χ2n) is 7.46. The highest BCUT2D eigenvalue weighted by Crippen LogP contribution is 2.40. The number of nitrogens with zero attached hydrogens (tertiary/aromatic N) is 1. The van der Waals surface area contributed by atoms with Crippen LogP contribution in [0.15, 0.2) is 30.3 Å². The molecule has 0 aliphatic carbocycles. The number of hydrogen-bond acceptors (Lipinski definition) is 6. The van der Waals surface area contributed by atoms with E-state index in [9.17, 15) is 0 Å². The van der Waals surface area contributed by atoms with Crippen LogP contribution in [0.3, 0.4) is 0 Å². The van der Waals surface area contributed by atoms with Gasteiger partial charge in [-0.25, -0.2) is 0 Å². The fourth-order valence-corrected chi connectivity index (χ4v) is 3.79. The van der Waals surface area contributed by atoms with Gasteiger partial charge in [-0.05, 0) is 67.9 Å². The third-order valence-corrected chi connectivity index (χ3v) is 5.22. The third kappa shape index (κ3) is 3.88. The molecule has 4 rings (SSSR count). The number of benzene rings is 2. The predicted molar refractivity (Wildman–Crippen MR) is 108 cm³/mol. The van der Waals surface area contributed by atoms with E-state index in [-0.39, 0.29) is 12.8 Å². The molecule has 0 amide bonds. The average Bonchev–Trinajstić information content (AvgIpc) is 3.17. The summed E-state index contributed by atoms with van der Waals surface area (Å²) in [7, 11) is 5.84. The summed E-state index contributed by atoms with van der Waals surface area (Å²) in [5.74, 6) is 3.21. The monoisotopic (exact) mass is 384 g/mol. The van der Waals surface area contributed by atoms with Gasteiger partial charge in [-0.15, -0.1) is 0 Å². The molecular weight excluding hydrogens is 356 g/mol. The maximum Gasteiger partial charge on any atom is 0.231 e. The minimum atomic E-state index is 0.0910. The van der Waals surface area contributed by atoms with Crippen molar-refractivity contribution < 1.29 is 18.9 Å². The van der Waals surface area contributed by atoms with E-state index in [1.807, 2.05) is 6.07 Å². The first-order chi connectivity index (χ1) is 13.7. The Kier molecular flexibility index (Phi) is 5.59. The molecule has 2 aromatic rings. The maximum absolute atomic E-state index is 6.08. The van der Waals surface area contributed by atoms with E-state index in [0.29, 0.717) is 6.61 Å². The molecule has 6 nitrogen and oxygen atoms in total. The summed E-state index contributed by atoms with van der Waals surface area (Å²) in [6.45, 7) is 2.86. The highest BCUT2D eigenvalue weighted by molar-refractivity contribution is 5.53. The van der Waals surface area contributed by atoms with E-state index in [4.69, 9.17) is 18.9 Å². The summed E-state index contributed by atoms with van der Waals surface area (Å²) in [5, 5.41) is 3.63. The molecule has 0 aromatic heterocycles. The predicted octanol–water partition coefficient (Wildman–Crippen LogP) is 2.99. The van der Waals surface area contributed by atoms with E-state index in [1.54, 1.807) is 7.11 Å². The van der Waals surface area contributed by atoms with Crippen LogP contribution in [0.4, 0.5) is 0 Å². The second kappa shape index (κ2) is 8.29. The van der Waals surface area contributed by atoms with Gasteiger partial charge >= 0.3 is 0 Å². The lowest BCUT2D eigenvalue weighted by Crippen LogP contribution is -2.30.